The first-order valence-corrected chi connectivity index (χ1v) is 5.81. The van der Waals surface area contributed by atoms with Crippen LogP contribution in [0.5, 0.6) is 0 Å². The predicted octanol–water partition coefficient (Wildman–Crippen LogP) is 2.23. The van der Waals surface area contributed by atoms with Crippen LogP contribution >= 0.6 is 11.3 Å². The van der Waals surface area contributed by atoms with E-state index in [-0.39, 0.29) is 6.04 Å². The number of likely N-dealkylation sites (N-methyl/N-ethyl adjacent to an activating group) is 1. The van der Waals surface area contributed by atoms with Gasteiger partial charge in [0.25, 0.3) is 0 Å². The third-order valence-corrected chi connectivity index (χ3v) is 3.55. The molecule has 1 unspecified atom stereocenters. The van der Waals surface area contributed by atoms with Crippen LogP contribution in [0.25, 0.3) is 10.1 Å². The lowest BCUT2D eigenvalue weighted by atomic mass is 10.1. The van der Waals surface area contributed by atoms with E-state index in [1.165, 1.54) is 15.6 Å². The van der Waals surface area contributed by atoms with Gasteiger partial charge < -0.3 is 10.1 Å². The Hall–Kier alpha value is -1.19. The lowest BCUT2D eigenvalue weighted by Gasteiger charge is -2.07. The molecule has 1 heterocycles. The van der Waals surface area contributed by atoms with Crippen molar-refractivity contribution >= 4 is 27.7 Å². The highest BCUT2D eigenvalue weighted by atomic mass is 32.1. The van der Waals surface area contributed by atoms with Gasteiger partial charge in [0.15, 0.2) is 0 Å². The monoisotopic (exact) mass is 219 g/mol. The van der Waals surface area contributed by atoms with E-state index in [2.05, 4.69) is 22.8 Å². The average Bonchev–Trinajstić information content (AvgIpc) is 2.69. The number of hydrogen-bond donors (Lipinski definition) is 1. The maximum Gasteiger partial charge on any atom is 0.137 e. The maximum absolute atomic E-state index is 10.7. The molecule has 0 amide bonds. The molecular formula is C12H13NOS. The molecule has 0 bridgehead atoms. The van der Waals surface area contributed by atoms with Crippen LogP contribution in [0.2, 0.25) is 0 Å². The smallest absolute Gasteiger partial charge is 0.137 e. The second-order valence-corrected chi connectivity index (χ2v) is 4.40. The Morgan fingerprint density at radius 3 is 3.00 bits per heavy atom. The number of nitrogens with one attached hydrogen (secondary N) is 1. The van der Waals surface area contributed by atoms with Crippen LogP contribution in [0, 0.1) is 0 Å². The third kappa shape index (κ3) is 2.08. The van der Waals surface area contributed by atoms with Crippen molar-refractivity contribution in [3.8, 4) is 0 Å². The molecule has 0 radical (unpaired) electrons. The van der Waals surface area contributed by atoms with Crippen molar-refractivity contribution in [1.82, 2.24) is 5.32 Å². The Morgan fingerprint density at radius 1 is 1.47 bits per heavy atom. The van der Waals surface area contributed by atoms with Gasteiger partial charge in [-0.1, -0.05) is 18.2 Å². The number of fused-ring (bicyclic) bond motifs is 1. The zero-order valence-electron chi connectivity index (χ0n) is 8.57. The fourth-order valence-electron chi connectivity index (χ4n) is 1.65. The summed E-state index contributed by atoms with van der Waals surface area (Å²) in [6.45, 7) is 0. The molecule has 0 fully saturated rings. The van der Waals surface area contributed by atoms with E-state index in [1.54, 1.807) is 11.3 Å². The predicted molar refractivity (Wildman–Crippen MR) is 64.4 cm³/mol. The number of benzene rings is 1. The van der Waals surface area contributed by atoms with E-state index in [4.69, 9.17) is 0 Å². The van der Waals surface area contributed by atoms with Crippen LogP contribution in [-0.2, 0) is 11.2 Å². The first-order chi connectivity index (χ1) is 7.35. The van der Waals surface area contributed by atoms with Gasteiger partial charge >= 0.3 is 0 Å². The summed E-state index contributed by atoms with van der Waals surface area (Å²) in [6, 6.07) is 8.21. The molecule has 2 rings (SSSR count). The fourth-order valence-corrected chi connectivity index (χ4v) is 2.62. The largest absolute Gasteiger partial charge is 0.311 e. The Labute approximate surface area is 92.9 Å². The van der Waals surface area contributed by atoms with Crippen LogP contribution in [-0.4, -0.2) is 19.4 Å². The molecular weight excluding hydrogens is 206 g/mol. The lowest BCUT2D eigenvalue weighted by Crippen LogP contribution is -2.28. The number of aldehydes is 1. The molecule has 3 heteroatoms. The highest BCUT2D eigenvalue weighted by Gasteiger charge is 2.09. The van der Waals surface area contributed by atoms with Crippen molar-refractivity contribution in [2.24, 2.45) is 0 Å². The van der Waals surface area contributed by atoms with Gasteiger partial charge in [-0.25, -0.2) is 0 Å². The summed E-state index contributed by atoms with van der Waals surface area (Å²) in [4.78, 5) is 10.7. The highest BCUT2D eigenvalue weighted by Crippen LogP contribution is 2.26. The minimum Gasteiger partial charge on any atom is -0.311 e. The van der Waals surface area contributed by atoms with E-state index in [1.807, 2.05) is 19.2 Å². The third-order valence-electron chi connectivity index (χ3n) is 2.54. The molecule has 78 valence electrons. The molecule has 0 aliphatic carbocycles. The standard InChI is InChI=1S/C12H13NOS/c1-13-10(7-14)6-9-8-15-12-5-3-2-4-11(9)12/h2-5,7-8,10,13H,6H2,1H3. The van der Waals surface area contributed by atoms with Crippen LogP contribution in [0.15, 0.2) is 29.6 Å². The summed E-state index contributed by atoms with van der Waals surface area (Å²) in [5.74, 6) is 0. The SMILES string of the molecule is CNC(C=O)Cc1csc2ccccc12. The molecule has 1 aromatic carbocycles. The Balaban J connectivity index is 2.32. The quantitative estimate of drug-likeness (QED) is 0.799. The second-order valence-electron chi connectivity index (χ2n) is 3.49. The van der Waals surface area contributed by atoms with Crippen LogP contribution in [0.1, 0.15) is 5.56 Å². The van der Waals surface area contributed by atoms with Crippen LogP contribution in [0.4, 0.5) is 0 Å². The van der Waals surface area contributed by atoms with Gasteiger partial charge in [-0.3, -0.25) is 0 Å². The van der Waals surface area contributed by atoms with Crippen molar-refractivity contribution in [3.05, 3.63) is 35.2 Å². The van der Waals surface area contributed by atoms with Gasteiger partial charge in [0.2, 0.25) is 0 Å². The second kappa shape index (κ2) is 4.55. The highest BCUT2D eigenvalue weighted by molar-refractivity contribution is 7.17. The van der Waals surface area contributed by atoms with E-state index < -0.39 is 0 Å². The lowest BCUT2D eigenvalue weighted by molar-refractivity contribution is -0.109. The zero-order chi connectivity index (χ0) is 10.7. The Kier molecular flexibility index (Phi) is 3.14. The zero-order valence-corrected chi connectivity index (χ0v) is 9.38. The van der Waals surface area contributed by atoms with Crippen molar-refractivity contribution in [2.75, 3.05) is 7.05 Å². The Bertz CT molecular complexity index is 463. The van der Waals surface area contributed by atoms with Gasteiger partial charge in [0, 0.05) is 4.70 Å². The molecule has 0 saturated carbocycles. The van der Waals surface area contributed by atoms with Crippen molar-refractivity contribution in [1.29, 1.82) is 0 Å². The number of thiophene rings is 1. The summed E-state index contributed by atoms with van der Waals surface area (Å²) >= 11 is 1.73. The molecule has 0 spiro atoms. The molecule has 1 aromatic heterocycles. The first-order valence-electron chi connectivity index (χ1n) is 4.93. The van der Waals surface area contributed by atoms with Crippen LogP contribution in [0.3, 0.4) is 0 Å². The van der Waals surface area contributed by atoms with Gasteiger partial charge in [-0.15, -0.1) is 11.3 Å². The minimum atomic E-state index is -0.0805. The number of carbonyl (C=O) groups excluding carboxylic acids is 1. The topological polar surface area (TPSA) is 29.1 Å². The van der Waals surface area contributed by atoms with Gasteiger partial charge in [0.05, 0.1) is 6.04 Å². The maximum atomic E-state index is 10.7. The Morgan fingerprint density at radius 2 is 2.27 bits per heavy atom. The summed E-state index contributed by atoms with van der Waals surface area (Å²) in [5.41, 5.74) is 1.25. The normalized spacial score (nSPS) is 12.9. The van der Waals surface area contributed by atoms with E-state index >= 15 is 0 Å². The van der Waals surface area contributed by atoms with Gasteiger partial charge in [-0.2, -0.15) is 0 Å². The molecule has 0 saturated heterocycles. The summed E-state index contributed by atoms with van der Waals surface area (Å²) < 4.78 is 1.29. The number of carbonyl (C=O) groups is 1. The average molecular weight is 219 g/mol. The van der Waals surface area contributed by atoms with E-state index in [0.717, 1.165) is 12.7 Å². The molecule has 0 aliphatic heterocycles. The molecule has 2 aromatic rings. The van der Waals surface area contributed by atoms with Crippen molar-refractivity contribution in [3.63, 3.8) is 0 Å². The van der Waals surface area contributed by atoms with Crippen molar-refractivity contribution in [2.45, 2.75) is 12.5 Å². The molecule has 15 heavy (non-hydrogen) atoms. The molecule has 1 N–H and O–H groups in total. The number of rotatable bonds is 4. The van der Waals surface area contributed by atoms with E-state index in [9.17, 15) is 4.79 Å². The molecule has 1 atom stereocenters. The van der Waals surface area contributed by atoms with Crippen LogP contribution < -0.4 is 5.32 Å². The summed E-state index contributed by atoms with van der Waals surface area (Å²) in [7, 11) is 1.81. The van der Waals surface area contributed by atoms with Gasteiger partial charge in [-0.05, 0) is 35.9 Å². The molecule has 2 nitrogen and oxygen atoms in total. The van der Waals surface area contributed by atoms with Gasteiger partial charge in [0.1, 0.15) is 6.29 Å². The summed E-state index contributed by atoms with van der Waals surface area (Å²) in [5, 5.41) is 6.40. The first kappa shape index (κ1) is 10.3. The minimum absolute atomic E-state index is 0.0805. The fraction of sp³-hybridized carbons (Fsp3) is 0.250. The molecule has 0 aliphatic rings. The van der Waals surface area contributed by atoms with E-state index in [0.29, 0.717) is 0 Å². The summed E-state index contributed by atoms with van der Waals surface area (Å²) in [6.07, 6.45) is 1.73. The van der Waals surface area contributed by atoms with Crippen molar-refractivity contribution < 1.29 is 4.79 Å². The number of hydrogen-bond acceptors (Lipinski definition) is 3.